The Hall–Kier alpha value is -2.46. The first kappa shape index (κ1) is 18.3. The lowest BCUT2D eigenvalue weighted by molar-refractivity contribution is 0.0951. The number of hydrogen-bond acceptors (Lipinski definition) is 6. The lowest BCUT2D eigenvalue weighted by Gasteiger charge is -2.28. The number of nitrogens with zero attached hydrogens (tertiary/aromatic N) is 4. The van der Waals surface area contributed by atoms with E-state index in [1.807, 2.05) is 18.2 Å². The fraction of sp³-hybridized carbons (Fsp3) is 0.438. The van der Waals surface area contributed by atoms with Crippen LogP contribution in [0.25, 0.3) is 0 Å². The number of rotatable bonds is 6. The summed E-state index contributed by atoms with van der Waals surface area (Å²) in [7, 11) is -0.210. The molecule has 0 fully saturated rings. The van der Waals surface area contributed by atoms with E-state index in [2.05, 4.69) is 15.6 Å². The third kappa shape index (κ3) is 4.02. The summed E-state index contributed by atoms with van der Waals surface area (Å²) in [5.74, 6) is 0.168. The van der Waals surface area contributed by atoms with Crippen LogP contribution in [0.5, 0.6) is 5.75 Å². The maximum absolute atomic E-state index is 12.6. The van der Waals surface area contributed by atoms with Crippen molar-refractivity contribution in [3.05, 3.63) is 41.2 Å². The van der Waals surface area contributed by atoms with E-state index < -0.39 is 15.9 Å². The number of carbonyl (C=O) groups is 1. The zero-order chi connectivity index (χ0) is 18.7. The number of methoxy groups -OCH3 is 1. The first-order chi connectivity index (χ1) is 12.4. The molecule has 0 aliphatic carbocycles. The third-order valence-electron chi connectivity index (χ3n) is 4.26. The third-order valence-corrected chi connectivity index (χ3v) is 6.08. The van der Waals surface area contributed by atoms with E-state index in [-0.39, 0.29) is 18.0 Å². The first-order valence-corrected chi connectivity index (χ1v) is 9.78. The maximum atomic E-state index is 12.6. The van der Waals surface area contributed by atoms with E-state index in [9.17, 15) is 13.2 Å². The summed E-state index contributed by atoms with van der Waals surface area (Å²) >= 11 is 0. The van der Waals surface area contributed by atoms with Gasteiger partial charge in [-0.15, -0.1) is 5.10 Å². The molecule has 140 valence electrons. The zero-order valence-corrected chi connectivity index (χ0v) is 15.5. The van der Waals surface area contributed by atoms with Gasteiger partial charge in [0.25, 0.3) is 5.91 Å². The van der Waals surface area contributed by atoms with E-state index in [1.54, 1.807) is 14.2 Å². The predicted octanol–water partition coefficient (Wildman–Crippen LogP) is -0.0584. The summed E-state index contributed by atoms with van der Waals surface area (Å²) in [5, 5.41) is 9.93. The molecule has 1 aliphatic heterocycles. The van der Waals surface area contributed by atoms with Gasteiger partial charge in [0.05, 0.1) is 19.1 Å². The molecule has 10 heteroatoms. The lowest BCUT2D eigenvalue weighted by Crippen LogP contribution is -2.40. The van der Waals surface area contributed by atoms with Gasteiger partial charge in [-0.05, 0) is 29.7 Å². The summed E-state index contributed by atoms with van der Waals surface area (Å²) in [6, 6.07) is 5.67. The second-order valence-corrected chi connectivity index (χ2v) is 8.16. The number of aryl methyl sites for hydroxylation is 1. The van der Waals surface area contributed by atoms with Crippen LogP contribution in [0.2, 0.25) is 0 Å². The van der Waals surface area contributed by atoms with Gasteiger partial charge < -0.3 is 10.1 Å². The number of hydrogen-bond donors (Lipinski definition) is 1. The van der Waals surface area contributed by atoms with Gasteiger partial charge in [-0.2, -0.15) is 4.31 Å². The van der Waals surface area contributed by atoms with Crippen molar-refractivity contribution < 1.29 is 17.9 Å². The molecule has 9 nitrogen and oxygen atoms in total. The highest BCUT2D eigenvalue weighted by Crippen LogP contribution is 2.25. The van der Waals surface area contributed by atoms with Crippen molar-refractivity contribution in [2.75, 3.05) is 26.0 Å². The predicted molar refractivity (Wildman–Crippen MR) is 94.2 cm³/mol. The Balaban J connectivity index is 1.57. The average molecular weight is 379 g/mol. The topological polar surface area (TPSA) is 106 Å². The molecule has 0 unspecified atom stereocenters. The molecule has 26 heavy (non-hydrogen) atoms. The van der Waals surface area contributed by atoms with Gasteiger partial charge in [-0.1, -0.05) is 11.3 Å². The highest BCUT2D eigenvalue weighted by Gasteiger charge is 2.27. The minimum Gasteiger partial charge on any atom is -0.497 e. The highest BCUT2D eigenvalue weighted by atomic mass is 32.2. The van der Waals surface area contributed by atoms with E-state index in [0.717, 1.165) is 16.9 Å². The van der Waals surface area contributed by atoms with E-state index in [4.69, 9.17) is 4.74 Å². The monoisotopic (exact) mass is 379 g/mol. The SMILES string of the molecule is COc1ccc2c(c1)CCN(S(=O)(=O)CCNC(=O)c1cn(C)nn1)C2. The minimum atomic E-state index is -3.47. The number of ether oxygens (including phenoxy) is 1. The molecular weight excluding hydrogens is 358 g/mol. The smallest absolute Gasteiger partial charge is 0.273 e. The Bertz CT molecular complexity index is 909. The van der Waals surface area contributed by atoms with Crippen molar-refractivity contribution in [3.8, 4) is 5.75 Å². The standard InChI is InChI=1S/C16H21N5O4S/c1-20-11-15(18-19-20)16(22)17-6-8-26(23,24)21-7-5-12-9-14(25-2)4-3-13(12)10-21/h3-4,9,11H,5-8,10H2,1-2H3,(H,17,22). The molecule has 0 radical (unpaired) electrons. The number of carbonyl (C=O) groups excluding carboxylic acids is 1. The van der Waals surface area contributed by atoms with Gasteiger partial charge in [0.15, 0.2) is 5.69 Å². The van der Waals surface area contributed by atoms with Crippen LogP contribution in [0, 0.1) is 0 Å². The van der Waals surface area contributed by atoms with Crippen molar-refractivity contribution >= 4 is 15.9 Å². The maximum Gasteiger partial charge on any atom is 0.273 e. The van der Waals surface area contributed by atoms with Crippen molar-refractivity contribution in [2.45, 2.75) is 13.0 Å². The van der Waals surface area contributed by atoms with Crippen LogP contribution in [0.4, 0.5) is 0 Å². The number of amides is 1. The van der Waals surface area contributed by atoms with Gasteiger partial charge in [-0.25, -0.2) is 8.42 Å². The van der Waals surface area contributed by atoms with Crippen molar-refractivity contribution in [2.24, 2.45) is 7.05 Å². The second-order valence-electron chi connectivity index (χ2n) is 6.07. The quantitative estimate of drug-likeness (QED) is 0.754. The van der Waals surface area contributed by atoms with E-state index in [1.165, 1.54) is 15.2 Å². The summed E-state index contributed by atoms with van der Waals surface area (Å²) in [6.45, 7) is 0.768. The summed E-state index contributed by atoms with van der Waals surface area (Å²) in [4.78, 5) is 11.9. The van der Waals surface area contributed by atoms with Crippen LogP contribution in [-0.4, -0.2) is 59.6 Å². The van der Waals surface area contributed by atoms with E-state index >= 15 is 0 Å². The Morgan fingerprint density at radius 3 is 2.85 bits per heavy atom. The molecule has 0 spiro atoms. The highest BCUT2D eigenvalue weighted by molar-refractivity contribution is 7.89. The Morgan fingerprint density at radius 2 is 2.15 bits per heavy atom. The van der Waals surface area contributed by atoms with Crippen LogP contribution in [0.1, 0.15) is 21.6 Å². The number of nitrogens with one attached hydrogen (secondary N) is 1. The van der Waals surface area contributed by atoms with Crippen molar-refractivity contribution in [1.82, 2.24) is 24.6 Å². The largest absolute Gasteiger partial charge is 0.497 e. The normalized spacial score (nSPS) is 14.7. The molecule has 2 aromatic rings. The molecule has 0 atom stereocenters. The molecule has 1 aromatic heterocycles. The first-order valence-electron chi connectivity index (χ1n) is 8.17. The fourth-order valence-corrected chi connectivity index (χ4v) is 4.16. The second kappa shape index (κ2) is 7.42. The van der Waals surface area contributed by atoms with Crippen molar-refractivity contribution in [1.29, 1.82) is 0 Å². The van der Waals surface area contributed by atoms with Gasteiger partial charge >= 0.3 is 0 Å². The average Bonchev–Trinajstić information content (AvgIpc) is 3.07. The van der Waals surface area contributed by atoms with Crippen molar-refractivity contribution in [3.63, 3.8) is 0 Å². The molecule has 3 rings (SSSR count). The van der Waals surface area contributed by atoms with Gasteiger partial charge in [0.1, 0.15) is 5.75 Å². The molecule has 0 saturated heterocycles. The van der Waals surface area contributed by atoms with Gasteiger partial charge in [0.2, 0.25) is 10.0 Å². The molecule has 1 aliphatic rings. The van der Waals surface area contributed by atoms with E-state index in [0.29, 0.717) is 19.5 Å². The number of benzene rings is 1. The van der Waals surface area contributed by atoms with Crippen LogP contribution in [0.15, 0.2) is 24.4 Å². The molecule has 1 N–H and O–H groups in total. The number of aromatic nitrogens is 3. The van der Waals surface area contributed by atoms with Crippen LogP contribution in [0.3, 0.4) is 0 Å². The number of fused-ring (bicyclic) bond motifs is 1. The Morgan fingerprint density at radius 1 is 1.35 bits per heavy atom. The van der Waals surface area contributed by atoms with Gasteiger partial charge in [0, 0.05) is 26.7 Å². The van der Waals surface area contributed by atoms with Crippen LogP contribution >= 0.6 is 0 Å². The summed E-state index contributed by atoms with van der Waals surface area (Å²) < 4.78 is 33.2. The van der Waals surface area contributed by atoms with Crippen LogP contribution in [-0.2, 0) is 30.0 Å². The molecule has 1 amide bonds. The molecule has 2 heterocycles. The molecular formula is C16H21N5O4S. The fourth-order valence-electron chi connectivity index (χ4n) is 2.83. The zero-order valence-electron chi connectivity index (χ0n) is 14.7. The summed E-state index contributed by atoms with van der Waals surface area (Å²) in [6.07, 6.45) is 2.11. The minimum absolute atomic E-state index is 0.0176. The Kier molecular flexibility index (Phi) is 5.23. The molecule has 0 bridgehead atoms. The number of sulfonamides is 1. The molecule has 1 aromatic carbocycles. The molecule has 0 saturated carbocycles. The Labute approximate surface area is 152 Å². The van der Waals surface area contributed by atoms with Crippen LogP contribution < -0.4 is 10.1 Å². The lowest BCUT2D eigenvalue weighted by atomic mass is 10.0. The summed E-state index contributed by atoms with van der Waals surface area (Å²) in [5.41, 5.74) is 2.24. The van der Waals surface area contributed by atoms with Gasteiger partial charge in [-0.3, -0.25) is 9.48 Å².